The highest BCUT2D eigenvalue weighted by Crippen LogP contribution is 2.31. The summed E-state index contributed by atoms with van der Waals surface area (Å²) in [7, 11) is 1.90. The number of para-hydroxylation sites is 2. The van der Waals surface area contributed by atoms with E-state index < -0.39 is 4.92 Å². The van der Waals surface area contributed by atoms with Crippen LogP contribution >= 0.6 is 0 Å². The highest BCUT2D eigenvalue weighted by atomic mass is 16.6. The van der Waals surface area contributed by atoms with Crippen LogP contribution in [0.3, 0.4) is 0 Å². The number of hydrogen-bond acceptors (Lipinski definition) is 6. The summed E-state index contributed by atoms with van der Waals surface area (Å²) in [5.41, 5.74) is 6.01. The van der Waals surface area contributed by atoms with Crippen molar-refractivity contribution in [2.24, 2.45) is 12.1 Å². The van der Waals surface area contributed by atoms with E-state index in [0.717, 1.165) is 16.6 Å². The number of aromatic nitrogens is 2. The molecule has 0 atom stereocenters. The zero-order valence-electron chi connectivity index (χ0n) is 15.3. The molecule has 8 nitrogen and oxygen atoms in total. The average molecular weight is 375 g/mol. The van der Waals surface area contributed by atoms with E-state index in [-0.39, 0.29) is 5.69 Å². The van der Waals surface area contributed by atoms with Crippen molar-refractivity contribution in [2.45, 2.75) is 6.92 Å². The first kappa shape index (κ1) is 17.5. The Kier molecular flexibility index (Phi) is 4.36. The summed E-state index contributed by atoms with van der Waals surface area (Å²) in [6, 6.07) is 16.2. The fourth-order valence-electron chi connectivity index (χ4n) is 2.97. The summed E-state index contributed by atoms with van der Waals surface area (Å²) < 4.78 is 7.61. The molecule has 8 heteroatoms. The lowest BCUT2D eigenvalue weighted by molar-refractivity contribution is -0.384. The van der Waals surface area contributed by atoms with Crippen molar-refractivity contribution < 1.29 is 9.34 Å². The van der Waals surface area contributed by atoms with Crippen molar-refractivity contribution in [2.75, 3.05) is 5.43 Å². The number of nitro groups is 1. The van der Waals surface area contributed by atoms with Crippen molar-refractivity contribution in [3.8, 4) is 11.3 Å². The van der Waals surface area contributed by atoms with E-state index in [2.05, 4.69) is 15.5 Å². The molecule has 0 aliphatic rings. The lowest BCUT2D eigenvalue weighted by Gasteiger charge is -2.01. The number of hydrazone groups is 1. The fraction of sp³-hybridized carbons (Fsp3) is 0.100. The van der Waals surface area contributed by atoms with E-state index in [1.54, 1.807) is 18.2 Å². The Labute approximate surface area is 160 Å². The van der Waals surface area contributed by atoms with Gasteiger partial charge < -0.3 is 8.98 Å². The van der Waals surface area contributed by atoms with Gasteiger partial charge in [-0.1, -0.05) is 18.2 Å². The summed E-state index contributed by atoms with van der Waals surface area (Å²) in [5.74, 6) is 1.48. The molecule has 0 saturated carbocycles. The quantitative estimate of drug-likeness (QED) is 0.315. The zero-order valence-corrected chi connectivity index (χ0v) is 15.3. The van der Waals surface area contributed by atoms with Gasteiger partial charge >= 0.3 is 0 Å². The second-order valence-electron chi connectivity index (χ2n) is 6.33. The van der Waals surface area contributed by atoms with Crippen molar-refractivity contribution >= 4 is 28.9 Å². The van der Waals surface area contributed by atoms with Crippen LogP contribution in [0.25, 0.3) is 22.4 Å². The molecule has 4 rings (SSSR count). The standard InChI is InChI=1S/C20H17N5O3/c1-13-7-9-15(18(11-13)25(26)27)19-10-8-14(28-19)12-21-23-20-22-16-5-3-4-6-17(16)24(20)2/h3-12H,1-2H3,(H,22,23)/b21-12-. The Balaban J connectivity index is 1.55. The highest BCUT2D eigenvalue weighted by Gasteiger charge is 2.18. The lowest BCUT2D eigenvalue weighted by atomic mass is 10.1. The SMILES string of the molecule is Cc1ccc(-c2ccc(/C=N\Nc3nc4ccccc4n3C)o2)c([N+](=O)[O-])c1. The number of hydrogen-bond donors (Lipinski definition) is 1. The number of fused-ring (bicyclic) bond motifs is 1. The Morgan fingerprint density at radius 2 is 2.04 bits per heavy atom. The van der Waals surface area contributed by atoms with Crippen molar-refractivity contribution in [3.05, 3.63) is 76.0 Å². The average Bonchev–Trinajstić information content (AvgIpc) is 3.27. The van der Waals surface area contributed by atoms with E-state index in [0.29, 0.717) is 23.0 Å². The molecule has 0 bridgehead atoms. The molecule has 0 saturated heterocycles. The molecule has 0 amide bonds. The predicted octanol–water partition coefficient (Wildman–Crippen LogP) is 4.50. The minimum absolute atomic E-state index is 0.00987. The highest BCUT2D eigenvalue weighted by molar-refractivity contribution is 5.81. The normalized spacial score (nSPS) is 11.4. The molecule has 0 fully saturated rings. The Morgan fingerprint density at radius 3 is 2.82 bits per heavy atom. The fourth-order valence-corrected chi connectivity index (χ4v) is 2.97. The van der Waals surface area contributed by atoms with Crippen LogP contribution < -0.4 is 5.43 Å². The van der Waals surface area contributed by atoms with Gasteiger partial charge in [0, 0.05) is 13.1 Å². The maximum absolute atomic E-state index is 11.3. The number of nitro benzene ring substituents is 1. The lowest BCUT2D eigenvalue weighted by Crippen LogP contribution is -1.98. The van der Waals surface area contributed by atoms with Gasteiger partial charge in [-0.25, -0.2) is 10.4 Å². The van der Waals surface area contributed by atoms with Crippen LogP contribution in [0.2, 0.25) is 0 Å². The smallest absolute Gasteiger partial charge is 0.280 e. The molecule has 0 aliphatic heterocycles. The summed E-state index contributed by atoms with van der Waals surface area (Å²) in [5, 5.41) is 15.5. The second kappa shape index (κ2) is 6.99. The molecule has 0 aliphatic carbocycles. The third kappa shape index (κ3) is 3.23. The number of nitrogens with zero attached hydrogens (tertiary/aromatic N) is 4. The summed E-state index contributed by atoms with van der Waals surface area (Å²) in [4.78, 5) is 15.4. The minimum atomic E-state index is -0.411. The first-order valence-electron chi connectivity index (χ1n) is 8.59. The molecular formula is C20H17N5O3. The monoisotopic (exact) mass is 375 g/mol. The third-order valence-corrected chi connectivity index (χ3v) is 4.39. The van der Waals surface area contributed by atoms with Gasteiger partial charge in [0.05, 0.1) is 27.7 Å². The number of furan rings is 1. The molecule has 0 radical (unpaired) electrons. The van der Waals surface area contributed by atoms with Crippen LogP contribution in [0.1, 0.15) is 11.3 Å². The van der Waals surface area contributed by atoms with Gasteiger partial charge in [-0.3, -0.25) is 10.1 Å². The maximum atomic E-state index is 11.3. The molecule has 140 valence electrons. The number of benzene rings is 2. The summed E-state index contributed by atoms with van der Waals surface area (Å²) in [6.07, 6.45) is 1.50. The molecular weight excluding hydrogens is 358 g/mol. The van der Waals surface area contributed by atoms with Crippen molar-refractivity contribution in [3.63, 3.8) is 0 Å². The second-order valence-corrected chi connectivity index (χ2v) is 6.33. The van der Waals surface area contributed by atoms with Crippen LogP contribution in [-0.4, -0.2) is 20.7 Å². The van der Waals surface area contributed by atoms with E-state index in [9.17, 15) is 10.1 Å². The molecule has 2 heterocycles. The van der Waals surface area contributed by atoms with E-state index >= 15 is 0 Å². The Morgan fingerprint density at radius 1 is 1.21 bits per heavy atom. The first-order chi connectivity index (χ1) is 13.5. The number of rotatable bonds is 5. The Bertz CT molecular complexity index is 1210. The maximum Gasteiger partial charge on any atom is 0.280 e. The molecule has 0 unspecified atom stereocenters. The van der Waals surface area contributed by atoms with E-state index in [1.165, 1.54) is 12.3 Å². The van der Waals surface area contributed by atoms with Crippen LogP contribution in [0, 0.1) is 17.0 Å². The molecule has 0 spiro atoms. The minimum Gasteiger partial charge on any atom is -0.455 e. The van der Waals surface area contributed by atoms with Gasteiger partial charge in [-0.05, 0) is 42.8 Å². The number of aryl methyl sites for hydroxylation is 2. The van der Waals surface area contributed by atoms with Gasteiger partial charge in [-0.2, -0.15) is 5.10 Å². The largest absolute Gasteiger partial charge is 0.455 e. The van der Waals surface area contributed by atoms with E-state index in [1.807, 2.05) is 48.9 Å². The van der Waals surface area contributed by atoms with Gasteiger partial charge in [0.15, 0.2) is 0 Å². The summed E-state index contributed by atoms with van der Waals surface area (Å²) >= 11 is 0. The predicted molar refractivity (Wildman–Crippen MR) is 107 cm³/mol. The molecule has 1 N–H and O–H groups in total. The molecule has 28 heavy (non-hydrogen) atoms. The number of anilines is 1. The molecule has 2 aromatic heterocycles. The van der Waals surface area contributed by atoms with Gasteiger partial charge in [0.25, 0.3) is 5.69 Å². The Hall–Kier alpha value is -3.94. The zero-order chi connectivity index (χ0) is 19.7. The van der Waals surface area contributed by atoms with Crippen molar-refractivity contribution in [1.29, 1.82) is 0 Å². The summed E-state index contributed by atoms with van der Waals surface area (Å²) in [6.45, 7) is 1.81. The molecule has 2 aromatic carbocycles. The number of imidazole rings is 1. The van der Waals surface area contributed by atoms with Crippen molar-refractivity contribution in [1.82, 2.24) is 9.55 Å². The van der Waals surface area contributed by atoms with Gasteiger partial charge in [0.2, 0.25) is 5.95 Å². The van der Waals surface area contributed by atoms with Gasteiger partial charge in [0.1, 0.15) is 11.5 Å². The third-order valence-electron chi connectivity index (χ3n) is 4.39. The van der Waals surface area contributed by atoms with Crippen LogP contribution in [-0.2, 0) is 7.05 Å². The molecule has 4 aromatic rings. The van der Waals surface area contributed by atoms with Gasteiger partial charge in [-0.15, -0.1) is 0 Å². The number of nitrogens with one attached hydrogen (secondary N) is 1. The topological polar surface area (TPSA) is 98.5 Å². The van der Waals surface area contributed by atoms with E-state index in [4.69, 9.17) is 4.42 Å². The first-order valence-corrected chi connectivity index (χ1v) is 8.59. The van der Waals surface area contributed by atoms with Crippen LogP contribution in [0.4, 0.5) is 11.6 Å². The van der Waals surface area contributed by atoms with Crippen LogP contribution in [0.15, 0.2) is 64.1 Å². The van der Waals surface area contributed by atoms with Crippen LogP contribution in [0.5, 0.6) is 0 Å².